The van der Waals surface area contributed by atoms with E-state index in [4.69, 9.17) is 15.9 Å². The van der Waals surface area contributed by atoms with Crippen LogP contribution in [0.3, 0.4) is 0 Å². The molecule has 0 fully saturated rings. The summed E-state index contributed by atoms with van der Waals surface area (Å²) in [5.41, 5.74) is 5.75. The fraction of sp³-hybridized carbons (Fsp3) is 0.500. The Balaban J connectivity index is 2.70. The van der Waals surface area contributed by atoms with Crippen molar-refractivity contribution < 1.29 is 4.74 Å². The molecule has 3 N–H and O–H groups in total. The highest BCUT2D eigenvalue weighted by atomic mass is 16.5. The molecule has 0 aliphatic carbocycles. The van der Waals surface area contributed by atoms with Gasteiger partial charge in [-0.15, -0.1) is 0 Å². The molecule has 0 saturated carbocycles. The van der Waals surface area contributed by atoms with E-state index in [0.29, 0.717) is 18.1 Å². The summed E-state index contributed by atoms with van der Waals surface area (Å²) < 4.78 is 5.69. The first-order chi connectivity index (χ1) is 7.83. The summed E-state index contributed by atoms with van der Waals surface area (Å²) in [5, 5.41) is 7.31. The van der Waals surface area contributed by atoms with Gasteiger partial charge in [-0.25, -0.2) is 0 Å². The minimum absolute atomic E-state index is 0.0534. The fourth-order valence-corrected chi connectivity index (χ4v) is 1.04. The van der Waals surface area contributed by atoms with Crippen molar-refractivity contribution in [1.29, 1.82) is 5.41 Å². The van der Waals surface area contributed by atoms with Gasteiger partial charge in [0.2, 0.25) is 0 Å². The zero-order valence-electron chi connectivity index (χ0n) is 10.8. The maximum absolute atomic E-state index is 7.31. The van der Waals surface area contributed by atoms with Gasteiger partial charge in [0.1, 0.15) is 23.9 Å². The van der Waals surface area contributed by atoms with Crippen molar-refractivity contribution in [2.45, 2.75) is 19.4 Å². The van der Waals surface area contributed by atoms with Crippen LogP contribution in [0.25, 0.3) is 0 Å². The van der Waals surface area contributed by atoms with Gasteiger partial charge in [0.05, 0.1) is 0 Å². The number of ether oxygens (including phenoxy) is 1. The van der Waals surface area contributed by atoms with Gasteiger partial charge in [-0.3, -0.25) is 10.4 Å². The number of nitrogens with zero attached hydrogens (tertiary/aromatic N) is 2. The van der Waals surface area contributed by atoms with Gasteiger partial charge in [0.25, 0.3) is 0 Å². The van der Waals surface area contributed by atoms with Crippen LogP contribution in [0.15, 0.2) is 18.3 Å². The van der Waals surface area contributed by atoms with E-state index in [1.165, 1.54) is 0 Å². The Hall–Kier alpha value is -1.62. The van der Waals surface area contributed by atoms with Gasteiger partial charge >= 0.3 is 0 Å². The first kappa shape index (κ1) is 13.4. The van der Waals surface area contributed by atoms with E-state index in [-0.39, 0.29) is 11.4 Å². The van der Waals surface area contributed by atoms with Crippen molar-refractivity contribution in [2.24, 2.45) is 5.73 Å². The number of rotatable bonds is 5. The molecule has 0 atom stereocenters. The van der Waals surface area contributed by atoms with Crippen LogP contribution in [0.1, 0.15) is 19.5 Å². The molecule has 0 aliphatic rings. The number of aromatic nitrogens is 1. The van der Waals surface area contributed by atoms with Crippen molar-refractivity contribution in [3.63, 3.8) is 0 Å². The third-order valence-corrected chi connectivity index (χ3v) is 2.81. The molecule has 17 heavy (non-hydrogen) atoms. The van der Waals surface area contributed by atoms with Crippen LogP contribution in [0.2, 0.25) is 0 Å². The van der Waals surface area contributed by atoms with E-state index in [0.717, 1.165) is 0 Å². The van der Waals surface area contributed by atoms with Crippen molar-refractivity contribution in [1.82, 2.24) is 9.88 Å². The number of nitrogens with one attached hydrogen (secondary N) is 1. The van der Waals surface area contributed by atoms with Crippen molar-refractivity contribution in [2.75, 3.05) is 20.7 Å². The van der Waals surface area contributed by atoms with Gasteiger partial charge in [-0.2, -0.15) is 0 Å². The highest BCUT2D eigenvalue weighted by Gasteiger charge is 2.21. The molecule has 0 amide bonds. The smallest absolute Gasteiger partial charge is 0.141 e. The Morgan fingerprint density at radius 2 is 2.18 bits per heavy atom. The normalized spacial score (nSPS) is 11.6. The number of likely N-dealkylation sites (N-methyl/N-ethyl adjacent to an activating group) is 1. The lowest BCUT2D eigenvalue weighted by Crippen LogP contribution is -2.43. The molecule has 1 aromatic rings. The van der Waals surface area contributed by atoms with E-state index in [1.807, 2.05) is 14.1 Å². The van der Waals surface area contributed by atoms with E-state index in [2.05, 4.69) is 23.7 Å². The van der Waals surface area contributed by atoms with E-state index < -0.39 is 0 Å². The van der Waals surface area contributed by atoms with Gasteiger partial charge in [-0.05, 0) is 34.0 Å². The summed E-state index contributed by atoms with van der Waals surface area (Å²) in [6.07, 6.45) is 1.59. The monoisotopic (exact) mass is 236 g/mol. The average Bonchev–Trinajstić information content (AvgIpc) is 2.26. The zero-order valence-corrected chi connectivity index (χ0v) is 10.8. The van der Waals surface area contributed by atoms with Crippen LogP contribution in [0.5, 0.6) is 5.75 Å². The van der Waals surface area contributed by atoms with Crippen LogP contribution < -0.4 is 10.5 Å². The maximum atomic E-state index is 7.31. The highest BCUT2D eigenvalue weighted by molar-refractivity contribution is 5.93. The quantitative estimate of drug-likeness (QED) is 0.592. The SMILES string of the molecule is CN(C)C(C)(C)COc1ccnc(C(=N)N)c1. The lowest BCUT2D eigenvalue weighted by molar-refractivity contribution is 0.114. The molecule has 0 aromatic carbocycles. The second-order valence-electron chi connectivity index (χ2n) is 4.79. The molecule has 0 bridgehead atoms. The number of hydrogen-bond acceptors (Lipinski definition) is 4. The molecule has 0 spiro atoms. The highest BCUT2D eigenvalue weighted by Crippen LogP contribution is 2.15. The van der Waals surface area contributed by atoms with Crippen LogP contribution in [-0.4, -0.2) is 42.0 Å². The van der Waals surface area contributed by atoms with Crippen LogP contribution in [0, 0.1) is 5.41 Å². The molecular weight excluding hydrogens is 216 g/mol. The maximum Gasteiger partial charge on any atom is 0.141 e. The molecule has 1 heterocycles. The minimum atomic E-state index is -0.0559. The number of hydrogen-bond donors (Lipinski definition) is 2. The Kier molecular flexibility index (Phi) is 4.07. The van der Waals surface area contributed by atoms with Crippen molar-refractivity contribution in [3.8, 4) is 5.75 Å². The van der Waals surface area contributed by atoms with Crippen molar-refractivity contribution in [3.05, 3.63) is 24.0 Å². The zero-order chi connectivity index (χ0) is 13.1. The third-order valence-electron chi connectivity index (χ3n) is 2.81. The Morgan fingerprint density at radius 3 is 2.71 bits per heavy atom. The third kappa shape index (κ3) is 3.71. The first-order valence-electron chi connectivity index (χ1n) is 5.43. The molecule has 1 rings (SSSR count). The summed E-state index contributed by atoms with van der Waals surface area (Å²) in [4.78, 5) is 6.08. The Bertz CT molecular complexity index is 401. The second kappa shape index (κ2) is 5.14. The van der Waals surface area contributed by atoms with Gasteiger partial charge in [0, 0.05) is 17.8 Å². The number of pyridine rings is 1. The summed E-state index contributed by atoms with van der Waals surface area (Å²) in [6, 6.07) is 3.44. The van der Waals surface area contributed by atoms with Crippen LogP contribution in [-0.2, 0) is 0 Å². The summed E-state index contributed by atoms with van der Waals surface area (Å²) in [5.74, 6) is 0.627. The van der Waals surface area contributed by atoms with E-state index in [9.17, 15) is 0 Å². The molecule has 0 radical (unpaired) electrons. The number of amidine groups is 1. The van der Waals surface area contributed by atoms with Crippen LogP contribution >= 0.6 is 0 Å². The standard InChI is InChI=1S/C12H20N4O/c1-12(2,16(3)4)8-17-9-5-6-15-10(7-9)11(13)14/h5-7H,8H2,1-4H3,(H3,13,14). The summed E-state index contributed by atoms with van der Waals surface area (Å²) >= 11 is 0. The summed E-state index contributed by atoms with van der Waals surface area (Å²) in [6.45, 7) is 4.75. The predicted molar refractivity (Wildman–Crippen MR) is 68.5 cm³/mol. The summed E-state index contributed by atoms with van der Waals surface area (Å²) in [7, 11) is 4.02. The molecule has 0 aliphatic heterocycles. The second-order valence-corrected chi connectivity index (χ2v) is 4.79. The van der Waals surface area contributed by atoms with Gasteiger partial charge in [0.15, 0.2) is 0 Å². The van der Waals surface area contributed by atoms with E-state index in [1.54, 1.807) is 18.3 Å². The topological polar surface area (TPSA) is 75.2 Å². The molecular formula is C12H20N4O. The molecule has 0 unspecified atom stereocenters. The number of nitrogen functional groups attached to an aromatic ring is 1. The van der Waals surface area contributed by atoms with Crippen molar-refractivity contribution >= 4 is 5.84 Å². The fourth-order valence-electron chi connectivity index (χ4n) is 1.04. The average molecular weight is 236 g/mol. The minimum Gasteiger partial charge on any atom is -0.492 e. The van der Waals surface area contributed by atoms with E-state index >= 15 is 0 Å². The molecule has 0 saturated heterocycles. The molecule has 5 nitrogen and oxygen atoms in total. The van der Waals surface area contributed by atoms with Crippen LogP contribution in [0.4, 0.5) is 0 Å². The Morgan fingerprint density at radius 1 is 1.53 bits per heavy atom. The molecule has 1 aromatic heterocycles. The lowest BCUT2D eigenvalue weighted by Gasteiger charge is -2.32. The molecule has 5 heteroatoms. The molecule has 94 valence electrons. The lowest BCUT2D eigenvalue weighted by atomic mass is 10.1. The largest absolute Gasteiger partial charge is 0.492 e. The predicted octanol–water partition coefficient (Wildman–Crippen LogP) is 1.08. The van der Waals surface area contributed by atoms with Gasteiger partial charge < -0.3 is 15.4 Å². The number of nitrogens with two attached hydrogens (primary N) is 1. The Labute approximate surface area is 102 Å². The first-order valence-corrected chi connectivity index (χ1v) is 5.43. The van der Waals surface area contributed by atoms with Gasteiger partial charge in [-0.1, -0.05) is 0 Å².